The van der Waals surface area contributed by atoms with Gasteiger partial charge in [-0.2, -0.15) is 5.10 Å². The zero-order valence-corrected chi connectivity index (χ0v) is 13.0. The molecule has 0 aromatic rings. The number of amides is 2. The molecule has 116 valence electrons. The molecular formula is C13H20N4O3S. The number of nitrogens with one attached hydrogen (secondary N) is 2. The van der Waals surface area contributed by atoms with Gasteiger partial charge in [0.15, 0.2) is 5.17 Å². The van der Waals surface area contributed by atoms with Gasteiger partial charge >= 0.3 is 0 Å². The number of ether oxygens (including phenoxy) is 1. The number of thioether (sulfide) groups is 1. The van der Waals surface area contributed by atoms with Crippen LogP contribution in [0, 0.1) is 0 Å². The molecule has 2 heterocycles. The topological polar surface area (TPSA) is 92.2 Å². The Balaban J connectivity index is 1.77. The van der Waals surface area contributed by atoms with Crippen LogP contribution in [-0.2, 0) is 14.3 Å². The summed E-state index contributed by atoms with van der Waals surface area (Å²) >= 11 is 1.24. The average Bonchev–Trinajstić information content (AvgIpc) is 3.05. The van der Waals surface area contributed by atoms with Crippen LogP contribution in [0.25, 0.3) is 0 Å². The fourth-order valence-electron chi connectivity index (χ4n) is 2.01. The van der Waals surface area contributed by atoms with Crippen molar-refractivity contribution in [3.63, 3.8) is 0 Å². The number of carbonyl (C=O) groups excluding carboxylic acids is 2. The van der Waals surface area contributed by atoms with Crippen molar-refractivity contribution in [2.75, 3.05) is 13.2 Å². The van der Waals surface area contributed by atoms with Gasteiger partial charge in [0, 0.05) is 25.3 Å². The molecule has 0 bridgehead atoms. The van der Waals surface area contributed by atoms with E-state index in [0.29, 0.717) is 11.7 Å². The summed E-state index contributed by atoms with van der Waals surface area (Å²) in [6.45, 7) is 4.92. The maximum Gasteiger partial charge on any atom is 0.240 e. The van der Waals surface area contributed by atoms with E-state index in [1.54, 1.807) is 0 Å². The summed E-state index contributed by atoms with van der Waals surface area (Å²) in [5.74, 6) is -0.343. The Bertz CT molecular complexity index is 468. The number of rotatable bonds is 5. The summed E-state index contributed by atoms with van der Waals surface area (Å²) in [6.07, 6.45) is 2.26. The van der Waals surface area contributed by atoms with Crippen LogP contribution in [0.3, 0.4) is 0 Å². The second kappa shape index (κ2) is 7.56. The van der Waals surface area contributed by atoms with Gasteiger partial charge in [0.2, 0.25) is 11.8 Å². The molecule has 2 amide bonds. The molecule has 0 aromatic heterocycles. The fourth-order valence-corrected chi connectivity index (χ4v) is 2.92. The Morgan fingerprint density at radius 2 is 2.33 bits per heavy atom. The minimum Gasteiger partial charge on any atom is -0.376 e. The Kier molecular flexibility index (Phi) is 5.75. The standard InChI is InChI=1S/C13H20N4O3S/c1-8(2)16-17-13-15-12(19)10(21-13)6-11(18)14-7-9-4-3-5-20-9/h9-10H,3-7H2,1-2H3,(H,14,18)(H,15,17,19)/t9-,10-/m0/s1. The third-order valence-electron chi connectivity index (χ3n) is 3.04. The summed E-state index contributed by atoms with van der Waals surface area (Å²) in [4.78, 5) is 23.6. The van der Waals surface area contributed by atoms with E-state index >= 15 is 0 Å². The van der Waals surface area contributed by atoms with Crippen molar-refractivity contribution >= 4 is 34.5 Å². The fraction of sp³-hybridized carbons (Fsp3) is 0.692. The van der Waals surface area contributed by atoms with Gasteiger partial charge in [0.1, 0.15) is 5.25 Å². The first-order valence-electron chi connectivity index (χ1n) is 6.99. The van der Waals surface area contributed by atoms with Crippen LogP contribution in [0.1, 0.15) is 33.1 Å². The van der Waals surface area contributed by atoms with E-state index in [1.807, 2.05) is 13.8 Å². The molecule has 2 aliphatic heterocycles. The van der Waals surface area contributed by atoms with Crippen LogP contribution in [0.5, 0.6) is 0 Å². The van der Waals surface area contributed by atoms with Crippen LogP contribution < -0.4 is 10.6 Å². The molecule has 0 aromatic carbocycles. The van der Waals surface area contributed by atoms with Crippen molar-refractivity contribution in [2.45, 2.75) is 44.5 Å². The molecule has 2 atom stereocenters. The second-order valence-corrected chi connectivity index (χ2v) is 6.38. The molecular weight excluding hydrogens is 292 g/mol. The van der Waals surface area contributed by atoms with Crippen LogP contribution in [-0.4, -0.2) is 47.2 Å². The summed E-state index contributed by atoms with van der Waals surface area (Å²) < 4.78 is 5.43. The third kappa shape index (κ3) is 5.13. The molecule has 0 spiro atoms. The van der Waals surface area contributed by atoms with Crippen molar-refractivity contribution in [3.8, 4) is 0 Å². The van der Waals surface area contributed by atoms with E-state index in [4.69, 9.17) is 4.74 Å². The van der Waals surface area contributed by atoms with Crippen LogP contribution in [0.2, 0.25) is 0 Å². The van der Waals surface area contributed by atoms with Crippen molar-refractivity contribution in [1.29, 1.82) is 0 Å². The maximum absolute atomic E-state index is 11.8. The molecule has 2 rings (SSSR count). The molecule has 2 fully saturated rings. The highest BCUT2D eigenvalue weighted by Crippen LogP contribution is 2.22. The van der Waals surface area contributed by atoms with Crippen molar-refractivity contribution in [2.24, 2.45) is 10.2 Å². The average molecular weight is 312 g/mol. The van der Waals surface area contributed by atoms with E-state index in [0.717, 1.165) is 25.2 Å². The lowest BCUT2D eigenvalue weighted by molar-refractivity contribution is -0.125. The van der Waals surface area contributed by atoms with Crippen molar-refractivity contribution in [1.82, 2.24) is 10.6 Å². The number of hydrogen-bond acceptors (Lipinski definition) is 6. The van der Waals surface area contributed by atoms with E-state index < -0.39 is 5.25 Å². The first-order valence-corrected chi connectivity index (χ1v) is 7.87. The summed E-state index contributed by atoms with van der Waals surface area (Å²) in [6, 6.07) is 0. The van der Waals surface area contributed by atoms with Gasteiger partial charge in [-0.3, -0.25) is 9.59 Å². The first kappa shape index (κ1) is 16.0. The van der Waals surface area contributed by atoms with Crippen molar-refractivity contribution < 1.29 is 14.3 Å². The van der Waals surface area contributed by atoms with E-state index in [9.17, 15) is 9.59 Å². The lowest BCUT2D eigenvalue weighted by Gasteiger charge is -2.11. The molecule has 2 saturated heterocycles. The second-order valence-electron chi connectivity index (χ2n) is 5.19. The van der Waals surface area contributed by atoms with Gasteiger partial charge < -0.3 is 15.4 Å². The smallest absolute Gasteiger partial charge is 0.240 e. The number of hydrogen-bond donors (Lipinski definition) is 2. The first-order chi connectivity index (χ1) is 10.0. The molecule has 2 aliphatic rings. The molecule has 0 radical (unpaired) electrons. The Hall–Kier alpha value is -1.41. The minimum atomic E-state index is -0.444. The Morgan fingerprint density at radius 1 is 1.52 bits per heavy atom. The quantitative estimate of drug-likeness (QED) is 0.576. The normalized spacial score (nSPS) is 26.8. The monoisotopic (exact) mass is 312 g/mol. The van der Waals surface area contributed by atoms with Gasteiger partial charge in [0.05, 0.1) is 6.10 Å². The Morgan fingerprint density at radius 3 is 3.00 bits per heavy atom. The molecule has 8 heteroatoms. The lowest BCUT2D eigenvalue weighted by Crippen LogP contribution is -2.35. The molecule has 7 nitrogen and oxygen atoms in total. The Labute approximate surface area is 128 Å². The minimum absolute atomic E-state index is 0.109. The predicted octanol–water partition coefficient (Wildman–Crippen LogP) is 0.655. The maximum atomic E-state index is 11.8. The number of carbonyl (C=O) groups is 2. The molecule has 21 heavy (non-hydrogen) atoms. The van der Waals surface area contributed by atoms with Crippen LogP contribution in [0.15, 0.2) is 10.2 Å². The summed E-state index contributed by atoms with van der Waals surface area (Å²) in [5.41, 5.74) is 0.801. The molecule has 2 N–H and O–H groups in total. The van der Waals surface area contributed by atoms with E-state index in [2.05, 4.69) is 20.8 Å². The highest BCUT2D eigenvalue weighted by molar-refractivity contribution is 8.15. The van der Waals surface area contributed by atoms with Crippen LogP contribution >= 0.6 is 11.8 Å². The van der Waals surface area contributed by atoms with Crippen molar-refractivity contribution in [3.05, 3.63) is 0 Å². The highest BCUT2D eigenvalue weighted by atomic mass is 32.2. The number of nitrogens with zero attached hydrogens (tertiary/aromatic N) is 2. The van der Waals surface area contributed by atoms with Gasteiger partial charge in [-0.05, 0) is 26.7 Å². The largest absolute Gasteiger partial charge is 0.376 e. The van der Waals surface area contributed by atoms with Crippen LogP contribution in [0.4, 0.5) is 0 Å². The van der Waals surface area contributed by atoms with E-state index in [1.165, 1.54) is 11.8 Å². The predicted molar refractivity (Wildman–Crippen MR) is 82.3 cm³/mol. The summed E-state index contributed by atoms with van der Waals surface area (Å²) in [5, 5.41) is 13.3. The SMILES string of the molecule is CC(C)=N/N=C1\NC(=O)[C@H](CC(=O)NC[C@@H]2CCCO2)S1. The van der Waals surface area contributed by atoms with Gasteiger partial charge in [-0.15, -0.1) is 5.10 Å². The number of amidine groups is 1. The van der Waals surface area contributed by atoms with Gasteiger partial charge in [-0.1, -0.05) is 11.8 Å². The molecule has 0 saturated carbocycles. The molecule has 0 aliphatic carbocycles. The zero-order valence-electron chi connectivity index (χ0n) is 12.2. The highest BCUT2D eigenvalue weighted by Gasteiger charge is 2.32. The van der Waals surface area contributed by atoms with E-state index in [-0.39, 0.29) is 24.3 Å². The third-order valence-corrected chi connectivity index (χ3v) is 4.11. The van der Waals surface area contributed by atoms with Gasteiger partial charge in [-0.25, -0.2) is 0 Å². The van der Waals surface area contributed by atoms with Gasteiger partial charge in [0.25, 0.3) is 0 Å². The molecule has 0 unspecified atom stereocenters. The zero-order chi connectivity index (χ0) is 15.2. The lowest BCUT2D eigenvalue weighted by atomic mass is 10.2. The summed E-state index contributed by atoms with van der Waals surface area (Å²) in [7, 11) is 0.